The molecule has 0 saturated heterocycles. The summed E-state index contributed by atoms with van der Waals surface area (Å²) < 4.78 is 0. The first-order valence-electron chi connectivity index (χ1n) is 7.34. The Bertz CT molecular complexity index is 457. The molecule has 2 nitrogen and oxygen atoms in total. The molecule has 0 aliphatic carbocycles. The van der Waals surface area contributed by atoms with Gasteiger partial charge in [-0.05, 0) is 24.2 Å². The summed E-state index contributed by atoms with van der Waals surface area (Å²) in [5.74, 6) is 1.40. The van der Waals surface area contributed by atoms with Gasteiger partial charge in [0.05, 0.1) is 0 Å². The van der Waals surface area contributed by atoms with Crippen LogP contribution in [0, 0.1) is 0 Å². The predicted molar refractivity (Wildman–Crippen MR) is 81.4 cm³/mol. The maximum absolute atomic E-state index is 10.7. The minimum absolute atomic E-state index is 0.201. The Morgan fingerprint density at radius 1 is 0.684 bits per heavy atom. The van der Waals surface area contributed by atoms with Crippen LogP contribution in [0.25, 0.3) is 0 Å². The van der Waals surface area contributed by atoms with Crippen LogP contribution < -0.4 is 0 Å². The van der Waals surface area contributed by atoms with Gasteiger partial charge in [-0.3, -0.25) is 0 Å². The number of hydrogen-bond acceptors (Lipinski definition) is 2. The molecule has 0 bridgehead atoms. The van der Waals surface area contributed by atoms with Crippen molar-refractivity contribution < 1.29 is 10.2 Å². The first-order chi connectivity index (χ1) is 8.73. The van der Waals surface area contributed by atoms with Crippen LogP contribution in [-0.4, -0.2) is 10.2 Å². The van der Waals surface area contributed by atoms with Crippen molar-refractivity contribution in [1.29, 1.82) is 0 Å². The summed E-state index contributed by atoms with van der Waals surface area (Å²) >= 11 is 0. The van der Waals surface area contributed by atoms with Crippen molar-refractivity contribution in [3.8, 4) is 11.5 Å². The minimum Gasteiger partial charge on any atom is -0.507 e. The highest BCUT2D eigenvalue weighted by Crippen LogP contribution is 2.46. The monoisotopic (exact) mass is 264 g/mol. The second-order valence-corrected chi connectivity index (χ2v) is 6.23. The zero-order chi connectivity index (χ0) is 14.9. The van der Waals surface area contributed by atoms with Crippen LogP contribution in [0.4, 0.5) is 0 Å². The smallest absolute Gasteiger partial charge is 0.123 e. The summed E-state index contributed by atoms with van der Waals surface area (Å²) in [6.45, 7) is 14.4. The molecule has 2 heteroatoms. The quantitative estimate of drug-likeness (QED) is 0.749. The Morgan fingerprint density at radius 3 is 1.37 bits per heavy atom. The van der Waals surface area contributed by atoms with Crippen molar-refractivity contribution in [3.05, 3.63) is 22.3 Å². The van der Waals surface area contributed by atoms with E-state index in [1.807, 2.05) is 6.92 Å². The zero-order valence-corrected chi connectivity index (χ0v) is 13.3. The largest absolute Gasteiger partial charge is 0.507 e. The van der Waals surface area contributed by atoms with Gasteiger partial charge in [0, 0.05) is 22.3 Å². The Morgan fingerprint density at radius 2 is 1.05 bits per heavy atom. The fraction of sp³-hybridized carbons (Fsp3) is 0.647. The van der Waals surface area contributed by atoms with Crippen molar-refractivity contribution >= 4 is 0 Å². The molecule has 0 heterocycles. The molecular formula is C17H28O2. The van der Waals surface area contributed by atoms with Gasteiger partial charge in [0.15, 0.2) is 0 Å². The SMILES string of the molecule is CCc1c(O)c(C(C)C)c(C(C)C)c(O)c1C(C)C. The van der Waals surface area contributed by atoms with Gasteiger partial charge in [-0.2, -0.15) is 0 Å². The molecule has 0 atom stereocenters. The molecule has 0 radical (unpaired) electrons. The highest BCUT2D eigenvalue weighted by Gasteiger charge is 2.26. The molecule has 0 aromatic heterocycles. The van der Waals surface area contributed by atoms with Crippen molar-refractivity contribution in [2.45, 2.75) is 72.6 Å². The van der Waals surface area contributed by atoms with E-state index in [0.29, 0.717) is 11.5 Å². The van der Waals surface area contributed by atoms with Crippen LogP contribution in [0.5, 0.6) is 11.5 Å². The van der Waals surface area contributed by atoms with Crippen LogP contribution in [0.15, 0.2) is 0 Å². The minimum atomic E-state index is 0.201. The molecule has 0 unspecified atom stereocenters. The highest BCUT2D eigenvalue weighted by molar-refractivity contribution is 5.61. The molecule has 0 saturated carbocycles. The van der Waals surface area contributed by atoms with Crippen LogP contribution in [-0.2, 0) is 6.42 Å². The first-order valence-corrected chi connectivity index (χ1v) is 7.34. The van der Waals surface area contributed by atoms with Gasteiger partial charge in [0.25, 0.3) is 0 Å². The maximum atomic E-state index is 10.7. The number of aromatic hydroxyl groups is 2. The van der Waals surface area contributed by atoms with Gasteiger partial charge in [0.2, 0.25) is 0 Å². The Labute approximate surface area is 117 Å². The lowest BCUT2D eigenvalue weighted by molar-refractivity contribution is 0.427. The molecule has 2 N–H and O–H groups in total. The predicted octanol–water partition coefficient (Wildman–Crippen LogP) is 5.03. The maximum Gasteiger partial charge on any atom is 0.123 e. The first kappa shape index (κ1) is 15.9. The van der Waals surface area contributed by atoms with Crippen LogP contribution in [0.2, 0.25) is 0 Å². The third kappa shape index (κ3) is 2.72. The molecule has 0 amide bonds. The third-order valence-corrected chi connectivity index (χ3v) is 3.75. The topological polar surface area (TPSA) is 40.5 Å². The summed E-state index contributed by atoms with van der Waals surface area (Å²) in [4.78, 5) is 0. The van der Waals surface area contributed by atoms with Gasteiger partial charge >= 0.3 is 0 Å². The van der Waals surface area contributed by atoms with E-state index in [0.717, 1.165) is 28.7 Å². The number of hydrogen-bond donors (Lipinski definition) is 2. The summed E-state index contributed by atoms with van der Waals surface area (Å²) in [5, 5.41) is 21.3. The van der Waals surface area contributed by atoms with E-state index in [2.05, 4.69) is 41.5 Å². The van der Waals surface area contributed by atoms with Crippen molar-refractivity contribution in [3.63, 3.8) is 0 Å². The Hall–Kier alpha value is -1.18. The fourth-order valence-electron chi connectivity index (χ4n) is 2.98. The lowest BCUT2D eigenvalue weighted by Crippen LogP contribution is -2.07. The molecule has 0 spiro atoms. The molecule has 0 aliphatic rings. The van der Waals surface area contributed by atoms with Gasteiger partial charge < -0.3 is 10.2 Å². The normalized spacial score (nSPS) is 11.9. The standard InChI is InChI=1S/C17H28O2/c1-8-12-13(9(2)3)17(19)15(11(6)7)14(10(4)5)16(12)18/h9-11,18-19H,8H2,1-7H3. The van der Waals surface area contributed by atoms with E-state index >= 15 is 0 Å². The van der Waals surface area contributed by atoms with E-state index in [4.69, 9.17) is 0 Å². The average molecular weight is 264 g/mol. The van der Waals surface area contributed by atoms with E-state index in [1.165, 1.54) is 0 Å². The van der Waals surface area contributed by atoms with Gasteiger partial charge in [-0.15, -0.1) is 0 Å². The Kier molecular flexibility index (Phi) is 4.89. The van der Waals surface area contributed by atoms with Crippen LogP contribution in [0.3, 0.4) is 0 Å². The average Bonchev–Trinajstić information content (AvgIpc) is 2.28. The van der Waals surface area contributed by atoms with E-state index in [9.17, 15) is 10.2 Å². The fourth-order valence-corrected chi connectivity index (χ4v) is 2.98. The lowest BCUT2D eigenvalue weighted by atomic mass is 9.81. The zero-order valence-electron chi connectivity index (χ0n) is 13.3. The number of phenols is 2. The molecule has 0 fully saturated rings. The summed E-state index contributed by atoms with van der Waals surface area (Å²) in [7, 11) is 0. The van der Waals surface area contributed by atoms with Crippen molar-refractivity contribution in [2.24, 2.45) is 0 Å². The molecule has 1 aromatic rings. The molecule has 19 heavy (non-hydrogen) atoms. The van der Waals surface area contributed by atoms with Crippen LogP contribution >= 0.6 is 0 Å². The molecular weight excluding hydrogens is 236 g/mol. The van der Waals surface area contributed by atoms with Gasteiger partial charge in [0.1, 0.15) is 11.5 Å². The van der Waals surface area contributed by atoms with Crippen molar-refractivity contribution in [1.82, 2.24) is 0 Å². The lowest BCUT2D eigenvalue weighted by Gasteiger charge is -2.26. The number of phenolic OH excluding ortho intramolecular Hbond substituents is 2. The summed E-state index contributed by atoms with van der Waals surface area (Å²) in [6.07, 6.45) is 0.741. The van der Waals surface area contributed by atoms with Crippen molar-refractivity contribution in [2.75, 3.05) is 0 Å². The van der Waals surface area contributed by atoms with Crippen LogP contribution in [0.1, 0.15) is 88.5 Å². The number of benzene rings is 1. The second kappa shape index (κ2) is 5.85. The summed E-state index contributed by atoms with van der Waals surface area (Å²) in [5.41, 5.74) is 3.64. The highest BCUT2D eigenvalue weighted by atomic mass is 16.3. The van der Waals surface area contributed by atoms with E-state index < -0.39 is 0 Å². The molecule has 0 aliphatic heterocycles. The van der Waals surface area contributed by atoms with Gasteiger partial charge in [-0.25, -0.2) is 0 Å². The summed E-state index contributed by atoms with van der Waals surface area (Å²) in [6, 6.07) is 0. The Balaban J connectivity index is 3.82. The third-order valence-electron chi connectivity index (χ3n) is 3.75. The second-order valence-electron chi connectivity index (χ2n) is 6.23. The number of rotatable bonds is 4. The van der Waals surface area contributed by atoms with E-state index in [1.54, 1.807) is 0 Å². The molecule has 1 rings (SSSR count). The molecule has 108 valence electrons. The van der Waals surface area contributed by atoms with E-state index in [-0.39, 0.29) is 17.8 Å². The molecule has 1 aromatic carbocycles. The van der Waals surface area contributed by atoms with Gasteiger partial charge in [-0.1, -0.05) is 48.5 Å².